The van der Waals surface area contributed by atoms with E-state index in [4.69, 9.17) is 11.6 Å². The monoisotopic (exact) mass is 319 g/mol. The van der Waals surface area contributed by atoms with Crippen molar-refractivity contribution in [2.75, 3.05) is 0 Å². The maximum atomic E-state index is 12.4. The third-order valence-electron chi connectivity index (χ3n) is 3.43. The third kappa shape index (κ3) is 3.77. The summed E-state index contributed by atoms with van der Waals surface area (Å²) in [6.07, 6.45) is 4.02. The van der Waals surface area contributed by atoms with E-state index in [9.17, 15) is 14.7 Å². The van der Waals surface area contributed by atoms with E-state index in [0.29, 0.717) is 28.6 Å². The SMILES string of the molecule is CC(C)CCn1cc(C(=O)O)c(=O)c(-c2ccc(Cl)cc2)c1. The van der Waals surface area contributed by atoms with E-state index in [1.165, 1.54) is 6.20 Å². The van der Waals surface area contributed by atoms with Crippen LogP contribution < -0.4 is 5.43 Å². The summed E-state index contributed by atoms with van der Waals surface area (Å²) in [6.45, 7) is 4.86. The van der Waals surface area contributed by atoms with Gasteiger partial charge in [0.2, 0.25) is 5.43 Å². The fourth-order valence-electron chi connectivity index (χ4n) is 2.16. The first-order valence-corrected chi connectivity index (χ1v) is 7.49. The molecule has 1 heterocycles. The molecule has 2 aromatic rings. The smallest absolute Gasteiger partial charge is 0.341 e. The first-order valence-electron chi connectivity index (χ1n) is 7.12. The van der Waals surface area contributed by atoms with Crippen molar-refractivity contribution >= 4 is 17.6 Å². The highest BCUT2D eigenvalue weighted by Gasteiger charge is 2.15. The Morgan fingerprint density at radius 1 is 1.23 bits per heavy atom. The van der Waals surface area contributed by atoms with Gasteiger partial charge in [-0.25, -0.2) is 4.79 Å². The van der Waals surface area contributed by atoms with E-state index in [0.717, 1.165) is 6.42 Å². The van der Waals surface area contributed by atoms with Gasteiger partial charge in [0.1, 0.15) is 5.56 Å². The first-order chi connectivity index (χ1) is 10.4. The summed E-state index contributed by atoms with van der Waals surface area (Å²) in [5, 5.41) is 9.82. The lowest BCUT2D eigenvalue weighted by Crippen LogP contribution is -2.20. The number of aromatic nitrogens is 1. The van der Waals surface area contributed by atoms with Gasteiger partial charge < -0.3 is 9.67 Å². The predicted octanol–water partition coefficient (Wildman–Crippen LogP) is 3.91. The second-order valence-electron chi connectivity index (χ2n) is 5.65. The number of carboxylic acids is 1. The molecule has 0 spiro atoms. The Labute approximate surface area is 134 Å². The number of aryl methyl sites for hydroxylation is 1. The maximum absolute atomic E-state index is 12.4. The van der Waals surface area contributed by atoms with Gasteiger partial charge in [-0.05, 0) is 30.0 Å². The van der Waals surface area contributed by atoms with Gasteiger partial charge in [0, 0.05) is 29.5 Å². The van der Waals surface area contributed by atoms with Gasteiger partial charge >= 0.3 is 5.97 Å². The Bertz CT molecular complexity index is 733. The van der Waals surface area contributed by atoms with Crippen LogP contribution in [0.2, 0.25) is 5.02 Å². The second kappa shape index (κ2) is 6.79. The standard InChI is InChI=1S/C17H18ClNO3/c1-11(2)7-8-19-9-14(12-3-5-13(18)6-4-12)16(20)15(10-19)17(21)22/h3-6,9-11H,7-8H2,1-2H3,(H,21,22). The van der Waals surface area contributed by atoms with Crippen LogP contribution in [0.15, 0.2) is 41.5 Å². The minimum Gasteiger partial charge on any atom is -0.477 e. The lowest BCUT2D eigenvalue weighted by Gasteiger charge is -2.12. The topological polar surface area (TPSA) is 59.3 Å². The predicted molar refractivity (Wildman–Crippen MR) is 87.6 cm³/mol. The van der Waals surface area contributed by atoms with Gasteiger partial charge in [-0.2, -0.15) is 0 Å². The zero-order valence-electron chi connectivity index (χ0n) is 12.5. The molecule has 0 saturated heterocycles. The van der Waals surface area contributed by atoms with E-state index in [-0.39, 0.29) is 5.56 Å². The van der Waals surface area contributed by atoms with Crippen LogP contribution in [-0.4, -0.2) is 15.6 Å². The quantitative estimate of drug-likeness (QED) is 0.908. The van der Waals surface area contributed by atoms with Crippen LogP contribution in [0, 0.1) is 5.92 Å². The minimum atomic E-state index is -1.21. The van der Waals surface area contributed by atoms with Crippen LogP contribution in [0.5, 0.6) is 0 Å². The number of rotatable bonds is 5. The van der Waals surface area contributed by atoms with Gasteiger partial charge in [0.15, 0.2) is 0 Å². The number of nitrogens with zero attached hydrogens (tertiary/aromatic N) is 1. The van der Waals surface area contributed by atoms with E-state index in [2.05, 4.69) is 13.8 Å². The zero-order chi connectivity index (χ0) is 16.3. The van der Waals surface area contributed by atoms with E-state index in [1.54, 1.807) is 35.0 Å². The van der Waals surface area contributed by atoms with Crippen LogP contribution in [0.25, 0.3) is 11.1 Å². The summed E-state index contributed by atoms with van der Waals surface area (Å²) >= 11 is 5.86. The van der Waals surface area contributed by atoms with Gasteiger partial charge in [-0.1, -0.05) is 37.6 Å². The molecule has 0 aliphatic heterocycles. The molecule has 0 unspecified atom stereocenters. The molecule has 0 radical (unpaired) electrons. The molecular formula is C17H18ClNO3. The Morgan fingerprint density at radius 3 is 2.41 bits per heavy atom. The molecule has 0 amide bonds. The van der Waals surface area contributed by atoms with Crippen LogP contribution in [0.1, 0.15) is 30.6 Å². The molecule has 0 fully saturated rings. The van der Waals surface area contributed by atoms with Crippen molar-refractivity contribution in [1.29, 1.82) is 0 Å². The van der Waals surface area contributed by atoms with Gasteiger partial charge in [-0.3, -0.25) is 4.79 Å². The average molecular weight is 320 g/mol. The Balaban J connectivity index is 2.53. The Hall–Kier alpha value is -2.07. The van der Waals surface area contributed by atoms with Gasteiger partial charge in [0.25, 0.3) is 0 Å². The molecule has 1 aromatic heterocycles. The number of carboxylic acid groups (broad SMARTS) is 1. The molecule has 0 bridgehead atoms. The molecule has 22 heavy (non-hydrogen) atoms. The van der Waals surface area contributed by atoms with E-state index >= 15 is 0 Å². The summed E-state index contributed by atoms with van der Waals surface area (Å²) in [5.74, 6) is -0.717. The molecule has 0 aliphatic rings. The number of hydrogen-bond acceptors (Lipinski definition) is 2. The molecule has 0 saturated carbocycles. The third-order valence-corrected chi connectivity index (χ3v) is 3.68. The van der Waals surface area contributed by atoms with Crippen molar-refractivity contribution < 1.29 is 9.90 Å². The summed E-state index contributed by atoms with van der Waals surface area (Å²) in [4.78, 5) is 23.7. The van der Waals surface area contributed by atoms with Crippen molar-refractivity contribution in [2.45, 2.75) is 26.8 Å². The molecule has 5 heteroatoms. The highest BCUT2D eigenvalue weighted by atomic mass is 35.5. The van der Waals surface area contributed by atoms with Crippen LogP contribution in [-0.2, 0) is 6.54 Å². The normalized spacial score (nSPS) is 10.9. The Kier molecular flexibility index (Phi) is 5.03. The minimum absolute atomic E-state index is 0.212. The van der Waals surface area contributed by atoms with Gasteiger partial charge in [-0.15, -0.1) is 0 Å². The fraction of sp³-hybridized carbons (Fsp3) is 0.294. The van der Waals surface area contributed by atoms with Crippen LogP contribution in [0.3, 0.4) is 0 Å². The maximum Gasteiger partial charge on any atom is 0.341 e. The number of benzene rings is 1. The lowest BCUT2D eigenvalue weighted by molar-refractivity contribution is 0.0694. The fourth-order valence-corrected chi connectivity index (χ4v) is 2.28. The van der Waals surface area contributed by atoms with E-state index in [1.807, 2.05) is 0 Å². The molecule has 1 N–H and O–H groups in total. The molecular weight excluding hydrogens is 302 g/mol. The molecule has 0 aliphatic carbocycles. The van der Waals surface area contributed by atoms with Gasteiger partial charge in [0.05, 0.1) is 0 Å². The van der Waals surface area contributed by atoms with Crippen molar-refractivity contribution in [3.63, 3.8) is 0 Å². The summed E-state index contributed by atoms with van der Waals surface area (Å²) < 4.78 is 1.77. The largest absolute Gasteiger partial charge is 0.477 e. The molecule has 0 atom stereocenters. The number of halogens is 1. The molecule has 4 nitrogen and oxygen atoms in total. The molecule has 1 aromatic carbocycles. The van der Waals surface area contributed by atoms with Crippen molar-refractivity contribution in [3.8, 4) is 11.1 Å². The highest BCUT2D eigenvalue weighted by molar-refractivity contribution is 6.30. The molecule has 116 valence electrons. The van der Waals surface area contributed by atoms with Crippen LogP contribution >= 0.6 is 11.6 Å². The highest BCUT2D eigenvalue weighted by Crippen LogP contribution is 2.19. The number of carbonyl (C=O) groups is 1. The lowest BCUT2D eigenvalue weighted by atomic mass is 10.0. The first kappa shape index (κ1) is 16.3. The number of hydrogen-bond donors (Lipinski definition) is 1. The Morgan fingerprint density at radius 2 is 1.86 bits per heavy atom. The zero-order valence-corrected chi connectivity index (χ0v) is 13.3. The average Bonchev–Trinajstić information content (AvgIpc) is 2.46. The van der Waals surface area contributed by atoms with Crippen LogP contribution in [0.4, 0.5) is 0 Å². The van der Waals surface area contributed by atoms with E-state index < -0.39 is 11.4 Å². The number of aromatic carboxylic acids is 1. The molecule has 2 rings (SSSR count). The van der Waals surface area contributed by atoms with Crippen molar-refractivity contribution in [3.05, 3.63) is 57.5 Å². The van der Waals surface area contributed by atoms with Crippen molar-refractivity contribution in [2.24, 2.45) is 5.92 Å². The summed E-state index contributed by atoms with van der Waals surface area (Å²) in [5.41, 5.74) is 0.350. The second-order valence-corrected chi connectivity index (χ2v) is 6.08. The summed E-state index contributed by atoms with van der Waals surface area (Å²) in [7, 11) is 0. The summed E-state index contributed by atoms with van der Waals surface area (Å²) in [6, 6.07) is 6.80. The van der Waals surface area contributed by atoms with Crippen molar-refractivity contribution in [1.82, 2.24) is 4.57 Å². The number of pyridine rings is 1.